The SMILES string of the molecule is COC(=O)c1[nH]c(C)c(C(O)=C2C(=O)C(=O)N(CCN3CCOCC3)C2c2cccc(Br)c2)c1C. The summed E-state index contributed by atoms with van der Waals surface area (Å²) in [7, 11) is 1.27. The van der Waals surface area contributed by atoms with Crippen LogP contribution in [0, 0.1) is 13.8 Å². The van der Waals surface area contributed by atoms with E-state index in [1.165, 1.54) is 12.0 Å². The zero-order valence-electron chi connectivity index (χ0n) is 19.9. The van der Waals surface area contributed by atoms with Crippen LogP contribution in [0.15, 0.2) is 34.3 Å². The maximum Gasteiger partial charge on any atom is 0.354 e. The van der Waals surface area contributed by atoms with E-state index in [-0.39, 0.29) is 17.0 Å². The highest BCUT2D eigenvalue weighted by Crippen LogP contribution is 2.41. The van der Waals surface area contributed by atoms with Crippen molar-refractivity contribution in [3.63, 3.8) is 0 Å². The van der Waals surface area contributed by atoms with E-state index in [1.807, 2.05) is 24.3 Å². The number of Topliss-reactive ketones (excluding diaryl/α,β-unsaturated/α-hetero) is 1. The molecule has 35 heavy (non-hydrogen) atoms. The lowest BCUT2D eigenvalue weighted by Gasteiger charge is -2.31. The smallest absolute Gasteiger partial charge is 0.354 e. The number of nitrogens with one attached hydrogen (secondary N) is 1. The van der Waals surface area contributed by atoms with E-state index < -0.39 is 23.7 Å². The Kier molecular flexibility index (Phi) is 7.44. The first-order valence-electron chi connectivity index (χ1n) is 11.4. The predicted octanol–water partition coefficient (Wildman–Crippen LogP) is 2.93. The molecule has 1 amide bonds. The van der Waals surface area contributed by atoms with Crippen LogP contribution in [-0.4, -0.2) is 84.1 Å². The number of aryl methyl sites for hydroxylation is 1. The minimum absolute atomic E-state index is 0.00306. The molecule has 0 spiro atoms. The highest BCUT2D eigenvalue weighted by atomic mass is 79.9. The molecule has 2 aliphatic rings. The largest absolute Gasteiger partial charge is 0.507 e. The molecule has 2 aromatic rings. The number of methoxy groups -OCH3 is 1. The number of nitrogens with zero attached hydrogens (tertiary/aromatic N) is 2. The third-order valence-electron chi connectivity index (χ3n) is 6.53. The summed E-state index contributed by atoms with van der Waals surface area (Å²) in [4.78, 5) is 45.3. The molecule has 0 aliphatic carbocycles. The number of amides is 1. The Hall–Kier alpha value is -2.95. The molecule has 3 heterocycles. The van der Waals surface area contributed by atoms with E-state index in [0.29, 0.717) is 48.7 Å². The number of carbonyl (C=O) groups excluding carboxylic acids is 3. The van der Waals surface area contributed by atoms with Crippen LogP contribution in [0.4, 0.5) is 0 Å². The third-order valence-corrected chi connectivity index (χ3v) is 7.02. The molecule has 1 atom stereocenters. The molecular formula is C25H28BrN3O6. The summed E-state index contributed by atoms with van der Waals surface area (Å²) >= 11 is 3.47. The topological polar surface area (TPSA) is 112 Å². The first-order chi connectivity index (χ1) is 16.7. The van der Waals surface area contributed by atoms with Crippen molar-refractivity contribution in [2.24, 2.45) is 0 Å². The van der Waals surface area contributed by atoms with Crippen molar-refractivity contribution < 1.29 is 29.0 Å². The molecule has 4 rings (SSSR count). The Labute approximate surface area is 211 Å². The summed E-state index contributed by atoms with van der Waals surface area (Å²) < 4.78 is 11.0. The number of benzene rings is 1. The van der Waals surface area contributed by atoms with Gasteiger partial charge in [0.1, 0.15) is 11.5 Å². The van der Waals surface area contributed by atoms with Crippen LogP contribution in [0.5, 0.6) is 0 Å². The van der Waals surface area contributed by atoms with E-state index >= 15 is 0 Å². The van der Waals surface area contributed by atoms with Crippen molar-refractivity contribution >= 4 is 39.3 Å². The standard InChI is InChI=1S/C25H28BrN3O6/c1-14-18(15(2)27-20(14)25(33)34-3)22(30)19-21(16-5-4-6-17(26)13-16)29(24(32)23(19)31)8-7-28-9-11-35-12-10-28/h4-6,13,21,27,30H,7-12H2,1-3H3. The Bertz CT molecular complexity index is 1200. The molecule has 2 aliphatic heterocycles. The Morgan fingerprint density at radius 1 is 1.23 bits per heavy atom. The van der Waals surface area contributed by atoms with E-state index in [2.05, 4.69) is 25.8 Å². The number of rotatable bonds is 6. The number of likely N-dealkylation sites (tertiary alicyclic amines) is 1. The van der Waals surface area contributed by atoms with Crippen LogP contribution in [0.2, 0.25) is 0 Å². The lowest BCUT2D eigenvalue weighted by Crippen LogP contribution is -2.42. The number of aromatic amines is 1. The molecule has 0 saturated carbocycles. The van der Waals surface area contributed by atoms with Gasteiger partial charge in [0.15, 0.2) is 0 Å². The summed E-state index contributed by atoms with van der Waals surface area (Å²) in [5, 5.41) is 11.4. The fourth-order valence-electron chi connectivity index (χ4n) is 4.75. The molecular weight excluding hydrogens is 518 g/mol. The van der Waals surface area contributed by atoms with Gasteiger partial charge in [-0.1, -0.05) is 28.1 Å². The van der Waals surface area contributed by atoms with Gasteiger partial charge < -0.3 is 24.5 Å². The zero-order chi connectivity index (χ0) is 25.3. The number of hydrogen-bond acceptors (Lipinski definition) is 7. The lowest BCUT2D eigenvalue weighted by atomic mass is 9.94. The first-order valence-corrected chi connectivity index (χ1v) is 12.2. The van der Waals surface area contributed by atoms with Crippen molar-refractivity contribution in [1.29, 1.82) is 0 Å². The van der Waals surface area contributed by atoms with Gasteiger partial charge in [-0.2, -0.15) is 0 Å². The number of aromatic nitrogens is 1. The van der Waals surface area contributed by atoms with Crippen molar-refractivity contribution in [3.8, 4) is 0 Å². The molecule has 9 nitrogen and oxygen atoms in total. The number of hydrogen-bond donors (Lipinski definition) is 2. The van der Waals surface area contributed by atoms with Gasteiger partial charge in [-0.25, -0.2) is 4.79 Å². The number of aliphatic hydroxyl groups is 1. The molecule has 1 unspecified atom stereocenters. The Morgan fingerprint density at radius 3 is 2.60 bits per heavy atom. The molecule has 2 saturated heterocycles. The molecule has 1 aromatic carbocycles. The minimum Gasteiger partial charge on any atom is -0.507 e. The number of H-pyrrole nitrogens is 1. The molecule has 0 radical (unpaired) electrons. The van der Waals surface area contributed by atoms with E-state index in [9.17, 15) is 19.5 Å². The van der Waals surface area contributed by atoms with Crippen LogP contribution in [-0.2, 0) is 19.1 Å². The number of ether oxygens (including phenoxy) is 2. The van der Waals surface area contributed by atoms with Gasteiger partial charge in [0.2, 0.25) is 0 Å². The van der Waals surface area contributed by atoms with Gasteiger partial charge in [-0.05, 0) is 37.1 Å². The van der Waals surface area contributed by atoms with Gasteiger partial charge >= 0.3 is 5.97 Å². The van der Waals surface area contributed by atoms with E-state index in [0.717, 1.165) is 17.6 Å². The van der Waals surface area contributed by atoms with Crippen molar-refractivity contribution in [2.45, 2.75) is 19.9 Å². The van der Waals surface area contributed by atoms with Crippen molar-refractivity contribution in [3.05, 3.63) is 62.4 Å². The van der Waals surface area contributed by atoms with Gasteiger partial charge in [-0.3, -0.25) is 14.5 Å². The average Bonchev–Trinajstić information content (AvgIpc) is 3.29. The molecule has 10 heteroatoms. The fourth-order valence-corrected chi connectivity index (χ4v) is 5.17. The number of aliphatic hydroxyl groups excluding tert-OH is 1. The van der Waals surface area contributed by atoms with E-state index in [4.69, 9.17) is 9.47 Å². The monoisotopic (exact) mass is 545 g/mol. The maximum atomic E-state index is 13.3. The van der Waals surface area contributed by atoms with Crippen LogP contribution in [0.1, 0.15) is 38.9 Å². The molecule has 2 N–H and O–H groups in total. The molecule has 186 valence electrons. The van der Waals surface area contributed by atoms with Crippen LogP contribution < -0.4 is 0 Å². The highest BCUT2D eigenvalue weighted by Gasteiger charge is 2.46. The predicted molar refractivity (Wildman–Crippen MR) is 132 cm³/mol. The quantitative estimate of drug-likeness (QED) is 0.248. The summed E-state index contributed by atoms with van der Waals surface area (Å²) in [5.41, 5.74) is 2.13. The fraction of sp³-hybridized carbons (Fsp3) is 0.400. The first kappa shape index (κ1) is 25.2. The zero-order valence-corrected chi connectivity index (χ0v) is 21.5. The van der Waals surface area contributed by atoms with Gasteiger partial charge in [-0.15, -0.1) is 0 Å². The maximum absolute atomic E-state index is 13.3. The number of carbonyl (C=O) groups is 3. The Morgan fingerprint density at radius 2 is 1.94 bits per heavy atom. The molecule has 1 aromatic heterocycles. The number of esters is 1. The van der Waals surface area contributed by atoms with Gasteiger partial charge in [0, 0.05) is 41.9 Å². The minimum atomic E-state index is -0.774. The number of ketones is 1. The lowest BCUT2D eigenvalue weighted by molar-refractivity contribution is -0.140. The van der Waals surface area contributed by atoms with Crippen molar-refractivity contribution in [2.75, 3.05) is 46.5 Å². The normalized spacial score (nSPS) is 20.5. The van der Waals surface area contributed by atoms with Crippen LogP contribution >= 0.6 is 15.9 Å². The molecule has 2 fully saturated rings. The van der Waals surface area contributed by atoms with Crippen molar-refractivity contribution in [1.82, 2.24) is 14.8 Å². The van der Waals surface area contributed by atoms with Gasteiger partial charge in [0.25, 0.3) is 11.7 Å². The summed E-state index contributed by atoms with van der Waals surface area (Å²) in [6, 6.07) is 6.56. The second-order valence-corrected chi connectivity index (χ2v) is 9.53. The second kappa shape index (κ2) is 10.3. The second-order valence-electron chi connectivity index (χ2n) is 8.62. The number of morpholine rings is 1. The van der Waals surface area contributed by atoms with Crippen LogP contribution in [0.3, 0.4) is 0 Å². The summed E-state index contributed by atoms with van der Waals surface area (Å²) in [5.74, 6) is -2.32. The average molecular weight is 546 g/mol. The number of halogens is 1. The third kappa shape index (κ3) is 4.78. The summed E-state index contributed by atoms with van der Waals surface area (Å²) in [6.45, 7) is 7.01. The Balaban J connectivity index is 1.80. The molecule has 0 bridgehead atoms. The van der Waals surface area contributed by atoms with Gasteiger partial charge in [0.05, 0.1) is 31.9 Å². The highest BCUT2D eigenvalue weighted by molar-refractivity contribution is 9.10. The van der Waals surface area contributed by atoms with Crippen LogP contribution in [0.25, 0.3) is 5.76 Å². The summed E-state index contributed by atoms with van der Waals surface area (Å²) in [6.07, 6.45) is 0. The van der Waals surface area contributed by atoms with E-state index in [1.54, 1.807) is 13.8 Å².